The molecule has 0 atom stereocenters. The number of ketones is 1. The van der Waals surface area contributed by atoms with Crippen LogP contribution in [-0.4, -0.2) is 31.3 Å². The molecule has 1 aliphatic heterocycles. The summed E-state index contributed by atoms with van der Waals surface area (Å²) in [5.74, 6) is -1.55. The van der Waals surface area contributed by atoms with Crippen molar-refractivity contribution in [2.75, 3.05) is 18.6 Å². The fourth-order valence-electron chi connectivity index (χ4n) is 1.56. The molecule has 0 radical (unpaired) electrons. The third-order valence-corrected chi connectivity index (χ3v) is 2.53. The molecule has 0 fully saturated rings. The number of hydrogen-bond acceptors (Lipinski definition) is 4. The summed E-state index contributed by atoms with van der Waals surface area (Å²) in [5.41, 5.74) is 5.50. The highest BCUT2D eigenvalue weighted by molar-refractivity contribution is 6.42. The third kappa shape index (κ3) is 1.84. The highest BCUT2D eigenvalue weighted by Gasteiger charge is 2.24. The maximum atomic E-state index is 11.4. The van der Waals surface area contributed by atoms with Crippen molar-refractivity contribution < 1.29 is 19.1 Å². The molecular formula is C11H10N2O4. The predicted molar refractivity (Wildman–Crippen MR) is 58.9 cm³/mol. The third-order valence-electron chi connectivity index (χ3n) is 2.53. The molecule has 1 aromatic carbocycles. The molecule has 1 heterocycles. The van der Waals surface area contributed by atoms with Crippen LogP contribution in [0.15, 0.2) is 18.2 Å². The summed E-state index contributed by atoms with van der Waals surface area (Å²) in [6, 6.07) is 4.39. The van der Waals surface area contributed by atoms with Gasteiger partial charge in [-0.25, -0.2) is 0 Å². The SMILES string of the molecule is CN1C(=O)COc2ccc(C(=O)C(N)=O)cc21. The Morgan fingerprint density at radius 2 is 2.12 bits per heavy atom. The molecule has 1 aliphatic rings. The van der Waals surface area contributed by atoms with Crippen molar-refractivity contribution in [3.05, 3.63) is 23.8 Å². The van der Waals surface area contributed by atoms with Gasteiger partial charge < -0.3 is 15.4 Å². The Morgan fingerprint density at radius 1 is 1.41 bits per heavy atom. The lowest BCUT2D eigenvalue weighted by atomic mass is 10.1. The number of hydrogen-bond donors (Lipinski definition) is 1. The quantitative estimate of drug-likeness (QED) is 0.562. The molecular weight excluding hydrogens is 224 g/mol. The average molecular weight is 234 g/mol. The zero-order chi connectivity index (χ0) is 12.6. The average Bonchev–Trinajstić information content (AvgIpc) is 2.32. The summed E-state index contributed by atoms with van der Waals surface area (Å²) < 4.78 is 5.18. The fourth-order valence-corrected chi connectivity index (χ4v) is 1.56. The summed E-state index contributed by atoms with van der Waals surface area (Å²) in [4.78, 5) is 34.9. The van der Waals surface area contributed by atoms with Gasteiger partial charge in [0.15, 0.2) is 6.61 Å². The van der Waals surface area contributed by atoms with Crippen LogP contribution in [0.2, 0.25) is 0 Å². The minimum absolute atomic E-state index is 0.0351. The summed E-state index contributed by atoms with van der Waals surface area (Å²) in [6.07, 6.45) is 0. The van der Waals surface area contributed by atoms with E-state index in [4.69, 9.17) is 10.5 Å². The molecule has 0 aromatic heterocycles. The summed E-state index contributed by atoms with van der Waals surface area (Å²) in [6.45, 7) is -0.0351. The van der Waals surface area contributed by atoms with Gasteiger partial charge in [-0.1, -0.05) is 0 Å². The lowest BCUT2D eigenvalue weighted by molar-refractivity contribution is -0.121. The molecule has 2 amide bonds. The number of nitrogens with two attached hydrogens (primary N) is 1. The number of Topliss-reactive ketones (excluding diaryl/α,β-unsaturated/α-hetero) is 1. The number of amides is 2. The molecule has 0 saturated carbocycles. The van der Waals surface area contributed by atoms with Crippen molar-refractivity contribution in [3.8, 4) is 5.75 Å². The van der Waals surface area contributed by atoms with Gasteiger partial charge in [-0.2, -0.15) is 0 Å². The van der Waals surface area contributed by atoms with Crippen LogP contribution in [0.3, 0.4) is 0 Å². The van der Waals surface area contributed by atoms with E-state index in [1.807, 2.05) is 0 Å². The summed E-state index contributed by atoms with van der Waals surface area (Å²) in [7, 11) is 1.57. The van der Waals surface area contributed by atoms with Gasteiger partial charge in [0.25, 0.3) is 11.8 Å². The Morgan fingerprint density at radius 3 is 2.76 bits per heavy atom. The number of likely N-dealkylation sites (N-methyl/N-ethyl adjacent to an activating group) is 1. The predicted octanol–water partition coefficient (Wildman–Crippen LogP) is -0.290. The Hall–Kier alpha value is -2.37. The minimum atomic E-state index is -1.03. The number of benzene rings is 1. The topological polar surface area (TPSA) is 89.7 Å². The second-order valence-electron chi connectivity index (χ2n) is 3.62. The molecule has 0 saturated heterocycles. The summed E-state index contributed by atoms with van der Waals surface area (Å²) in [5, 5.41) is 0. The first-order chi connectivity index (χ1) is 8.00. The highest BCUT2D eigenvalue weighted by atomic mass is 16.5. The fraction of sp³-hybridized carbons (Fsp3) is 0.182. The number of carbonyl (C=O) groups is 3. The Kier molecular flexibility index (Phi) is 2.55. The van der Waals surface area contributed by atoms with Gasteiger partial charge in [-0.15, -0.1) is 0 Å². The maximum absolute atomic E-state index is 11.4. The maximum Gasteiger partial charge on any atom is 0.289 e. The van der Waals surface area contributed by atoms with E-state index in [0.717, 1.165) is 0 Å². The van der Waals surface area contributed by atoms with Crippen molar-refractivity contribution >= 4 is 23.3 Å². The molecule has 2 N–H and O–H groups in total. The van der Waals surface area contributed by atoms with Crippen molar-refractivity contribution in [1.29, 1.82) is 0 Å². The zero-order valence-electron chi connectivity index (χ0n) is 9.10. The van der Waals surface area contributed by atoms with Crippen LogP contribution in [0.25, 0.3) is 0 Å². The number of fused-ring (bicyclic) bond motifs is 1. The van der Waals surface area contributed by atoms with Crippen LogP contribution in [0.1, 0.15) is 10.4 Å². The summed E-state index contributed by atoms with van der Waals surface area (Å²) >= 11 is 0. The van der Waals surface area contributed by atoms with Crippen LogP contribution in [-0.2, 0) is 9.59 Å². The van der Waals surface area contributed by atoms with Crippen molar-refractivity contribution in [1.82, 2.24) is 0 Å². The first kappa shape index (κ1) is 11.1. The van der Waals surface area contributed by atoms with Crippen molar-refractivity contribution in [3.63, 3.8) is 0 Å². The highest BCUT2D eigenvalue weighted by Crippen LogP contribution is 2.31. The molecule has 17 heavy (non-hydrogen) atoms. The Labute approximate surface area is 96.9 Å². The Balaban J connectivity index is 2.46. The number of ether oxygens (including phenoxy) is 1. The molecule has 0 aliphatic carbocycles. The van der Waals surface area contributed by atoms with Crippen LogP contribution < -0.4 is 15.4 Å². The van der Waals surface area contributed by atoms with E-state index in [9.17, 15) is 14.4 Å². The number of primary amides is 1. The molecule has 0 bridgehead atoms. The van der Waals surface area contributed by atoms with Gasteiger partial charge >= 0.3 is 0 Å². The van der Waals surface area contributed by atoms with Gasteiger partial charge in [-0.05, 0) is 18.2 Å². The van der Waals surface area contributed by atoms with Gasteiger partial charge in [0.1, 0.15) is 5.75 Å². The lowest BCUT2D eigenvalue weighted by Crippen LogP contribution is -2.35. The van der Waals surface area contributed by atoms with Crippen LogP contribution in [0.4, 0.5) is 5.69 Å². The molecule has 1 aromatic rings. The standard InChI is InChI=1S/C11H10N2O4/c1-13-7-4-6(10(15)11(12)16)2-3-8(7)17-5-9(13)14/h2-4H,5H2,1H3,(H2,12,16). The van der Waals surface area contributed by atoms with Crippen molar-refractivity contribution in [2.45, 2.75) is 0 Å². The number of anilines is 1. The molecule has 6 heteroatoms. The largest absolute Gasteiger partial charge is 0.482 e. The van der Waals surface area contributed by atoms with E-state index in [1.54, 1.807) is 7.05 Å². The first-order valence-electron chi connectivity index (χ1n) is 4.88. The van der Waals surface area contributed by atoms with E-state index >= 15 is 0 Å². The van der Waals surface area contributed by atoms with E-state index in [-0.39, 0.29) is 18.1 Å². The second kappa shape index (κ2) is 3.89. The van der Waals surface area contributed by atoms with Gasteiger partial charge in [0, 0.05) is 12.6 Å². The normalized spacial score (nSPS) is 13.9. The van der Waals surface area contributed by atoms with Crippen molar-refractivity contribution in [2.24, 2.45) is 5.73 Å². The van der Waals surface area contributed by atoms with E-state index in [2.05, 4.69) is 0 Å². The van der Waals surface area contributed by atoms with Crippen LogP contribution in [0.5, 0.6) is 5.75 Å². The molecule has 0 unspecified atom stereocenters. The second-order valence-corrected chi connectivity index (χ2v) is 3.62. The van der Waals surface area contributed by atoms with Gasteiger partial charge in [-0.3, -0.25) is 14.4 Å². The number of carbonyl (C=O) groups excluding carboxylic acids is 3. The molecule has 6 nitrogen and oxygen atoms in total. The Bertz CT molecular complexity index is 524. The molecule has 0 spiro atoms. The van der Waals surface area contributed by atoms with Gasteiger partial charge in [0.05, 0.1) is 5.69 Å². The van der Waals surface area contributed by atoms with Crippen LogP contribution >= 0.6 is 0 Å². The number of nitrogens with zero attached hydrogens (tertiary/aromatic N) is 1. The smallest absolute Gasteiger partial charge is 0.289 e. The van der Waals surface area contributed by atoms with Gasteiger partial charge in [0.2, 0.25) is 5.78 Å². The molecule has 2 rings (SSSR count). The zero-order valence-corrected chi connectivity index (χ0v) is 9.10. The van der Waals surface area contributed by atoms with E-state index < -0.39 is 11.7 Å². The van der Waals surface area contributed by atoms with Crippen LogP contribution in [0, 0.1) is 0 Å². The van der Waals surface area contributed by atoms with E-state index in [1.165, 1.54) is 23.1 Å². The monoisotopic (exact) mass is 234 g/mol. The lowest BCUT2D eigenvalue weighted by Gasteiger charge is -2.26. The first-order valence-corrected chi connectivity index (χ1v) is 4.88. The van der Waals surface area contributed by atoms with E-state index in [0.29, 0.717) is 11.4 Å². The number of rotatable bonds is 2. The molecule has 88 valence electrons. The minimum Gasteiger partial charge on any atom is -0.482 e.